The Labute approximate surface area is 307 Å². The number of likely N-dealkylation sites (tertiary alicyclic amines) is 1. The van der Waals surface area contributed by atoms with E-state index in [0.717, 1.165) is 11.1 Å². The van der Waals surface area contributed by atoms with Gasteiger partial charge in [0.2, 0.25) is 5.91 Å². The summed E-state index contributed by atoms with van der Waals surface area (Å²) >= 11 is 13.0. The molecule has 50 heavy (non-hydrogen) atoms. The molecule has 1 saturated heterocycles. The summed E-state index contributed by atoms with van der Waals surface area (Å²) in [6.45, 7) is 11.3. The third kappa shape index (κ3) is 6.80. The van der Waals surface area contributed by atoms with Gasteiger partial charge in [-0.3, -0.25) is 9.59 Å². The highest BCUT2D eigenvalue weighted by molar-refractivity contribution is 6.99. The second-order valence-electron chi connectivity index (χ2n) is 15.4. The van der Waals surface area contributed by atoms with Crippen LogP contribution in [0.4, 0.5) is 0 Å². The number of carbonyl (C=O) groups is 2. The molecule has 8 heteroatoms. The van der Waals surface area contributed by atoms with Crippen molar-refractivity contribution in [2.75, 3.05) is 6.61 Å². The minimum Gasteiger partial charge on any atom is -0.481 e. The number of amides is 1. The number of halogens is 2. The smallest absolute Gasteiger partial charge is 0.306 e. The number of carboxylic acid groups (broad SMARTS) is 1. The van der Waals surface area contributed by atoms with Crippen LogP contribution in [0.1, 0.15) is 77.0 Å². The summed E-state index contributed by atoms with van der Waals surface area (Å²) in [5.41, 5.74) is 1.16. The minimum absolute atomic E-state index is 0.00225. The summed E-state index contributed by atoms with van der Waals surface area (Å²) in [5, 5.41) is 13.5. The van der Waals surface area contributed by atoms with E-state index in [1.165, 1.54) is 10.4 Å². The van der Waals surface area contributed by atoms with Crippen LogP contribution in [0.3, 0.4) is 0 Å². The molecule has 0 aromatic heterocycles. The Balaban J connectivity index is 1.40. The predicted octanol–water partition coefficient (Wildman–Crippen LogP) is 9.13. The molecule has 0 radical (unpaired) electrons. The van der Waals surface area contributed by atoms with E-state index in [9.17, 15) is 9.90 Å². The van der Waals surface area contributed by atoms with E-state index in [2.05, 4.69) is 82.3 Å². The van der Waals surface area contributed by atoms with E-state index in [1.807, 2.05) is 66.4 Å². The normalized spacial score (nSPS) is 24.5. The van der Waals surface area contributed by atoms with Crippen molar-refractivity contribution in [1.82, 2.24) is 4.90 Å². The third-order valence-electron chi connectivity index (χ3n) is 11.2. The molecule has 6 rings (SSSR count). The van der Waals surface area contributed by atoms with Gasteiger partial charge in [-0.2, -0.15) is 0 Å². The van der Waals surface area contributed by atoms with Crippen LogP contribution >= 0.6 is 23.2 Å². The lowest BCUT2D eigenvalue weighted by atomic mass is 9.65. The molecule has 1 heterocycles. The zero-order chi connectivity index (χ0) is 35.8. The SMILES string of the molecule is C[C@@H](CCO[Si](c1ccccc1)(c1ccccc1)C(C)(C)C)N1C(=O)[C@@](C)(C2CC2C(=O)O)C[C@H](c2cccc(Cl)c2)[C@H]1c1ccc(Cl)cc1. The molecule has 1 N–H and O–H groups in total. The molecule has 6 atom stereocenters. The van der Waals surface area contributed by atoms with Crippen molar-refractivity contribution < 1.29 is 19.1 Å². The number of carbonyl (C=O) groups excluding carboxylic acids is 1. The Kier molecular flexibility index (Phi) is 10.4. The highest BCUT2D eigenvalue weighted by Crippen LogP contribution is 2.61. The maximum atomic E-state index is 15.0. The number of nitrogens with zero attached hydrogens (tertiary/aromatic N) is 1. The van der Waals surface area contributed by atoms with Crippen molar-refractivity contribution >= 4 is 53.8 Å². The zero-order valence-electron chi connectivity index (χ0n) is 29.5. The monoisotopic (exact) mass is 727 g/mol. The molecule has 1 saturated carbocycles. The van der Waals surface area contributed by atoms with Crippen LogP contribution < -0.4 is 10.4 Å². The molecule has 0 bridgehead atoms. The first kappa shape index (κ1) is 36.4. The van der Waals surface area contributed by atoms with Crippen molar-refractivity contribution in [2.45, 2.75) is 76.9 Å². The van der Waals surface area contributed by atoms with Gasteiger partial charge in [-0.05, 0) is 82.9 Å². The van der Waals surface area contributed by atoms with Crippen LogP contribution in [0.25, 0.3) is 0 Å². The van der Waals surface area contributed by atoms with Gasteiger partial charge in [0.15, 0.2) is 0 Å². The summed E-state index contributed by atoms with van der Waals surface area (Å²) < 4.78 is 7.30. The first-order chi connectivity index (χ1) is 23.8. The van der Waals surface area contributed by atoms with Crippen LogP contribution in [0.15, 0.2) is 109 Å². The van der Waals surface area contributed by atoms with Gasteiger partial charge in [-0.1, -0.05) is 136 Å². The van der Waals surface area contributed by atoms with E-state index in [1.54, 1.807) is 0 Å². The number of rotatable bonds is 11. The number of piperidine rings is 1. The molecule has 5 nitrogen and oxygen atoms in total. The van der Waals surface area contributed by atoms with E-state index in [0.29, 0.717) is 35.9 Å². The second kappa shape index (κ2) is 14.3. The van der Waals surface area contributed by atoms with Gasteiger partial charge in [0.25, 0.3) is 8.32 Å². The average Bonchev–Trinajstić information content (AvgIpc) is 3.91. The fourth-order valence-electron chi connectivity index (χ4n) is 8.60. The molecule has 4 aromatic rings. The van der Waals surface area contributed by atoms with E-state index in [-0.39, 0.29) is 34.9 Å². The molecule has 0 spiro atoms. The highest BCUT2D eigenvalue weighted by atomic mass is 35.5. The number of hydrogen-bond donors (Lipinski definition) is 1. The summed E-state index contributed by atoms with van der Waals surface area (Å²) in [6.07, 6.45) is 1.63. The first-order valence-corrected chi connectivity index (χ1v) is 20.3. The molecule has 1 aliphatic heterocycles. The van der Waals surface area contributed by atoms with Crippen molar-refractivity contribution in [3.05, 3.63) is 130 Å². The summed E-state index contributed by atoms with van der Waals surface area (Å²) in [6, 6.07) is 36.3. The van der Waals surface area contributed by atoms with Crippen molar-refractivity contribution in [3.63, 3.8) is 0 Å². The standard InChI is InChI=1S/C42H47Cl2NO4Si/c1-28(23-24-49-50(41(2,3)4,33-15-8-6-9-16-33)34-17-10-7-11-18-34)45-38(29-19-21-31(43)22-20-29)36(30-13-12-14-32(44)25-30)27-42(5,40(45)48)37-26-35(37)39(46)47/h6-22,25,28,35-38H,23-24,26-27H2,1-5H3,(H,46,47)/t28-,35?,36+,37?,38+,42+/m0/s1. The lowest BCUT2D eigenvalue weighted by Gasteiger charge is -2.52. The molecule has 2 fully saturated rings. The predicted molar refractivity (Wildman–Crippen MR) is 205 cm³/mol. The molecular weight excluding hydrogens is 681 g/mol. The van der Waals surface area contributed by atoms with Gasteiger partial charge in [0.05, 0.1) is 17.4 Å². The molecule has 2 aliphatic rings. The van der Waals surface area contributed by atoms with Crippen molar-refractivity contribution in [2.24, 2.45) is 17.3 Å². The third-order valence-corrected chi connectivity index (χ3v) is 16.7. The number of hydrogen-bond acceptors (Lipinski definition) is 3. The zero-order valence-corrected chi connectivity index (χ0v) is 32.0. The number of benzene rings is 4. The lowest BCUT2D eigenvalue weighted by molar-refractivity contribution is -0.157. The fourth-order valence-corrected chi connectivity index (χ4v) is 13.5. The quantitative estimate of drug-likeness (QED) is 0.157. The molecule has 262 valence electrons. The van der Waals surface area contributed by atoms with Crippen LogP contribution in [-0.4, -0.2) is 42.8 Å². The van der Waals surface area contributed by atoms with Crippen LogP contribution in [-0.2, 0) is 14.0 Å². The molecule has 2 unspecified atom stereocenters. The van der Waals surface area contributed by atoms with Gasteiger partial charge in [0.1, 0.15) is 0 Å². The van der Waals surface area contributed by atoms with Crippen LogP contribution in [0.2, 0.25) is 15.1 Å². The van der Waals surface area contributed by atoms with Crippen LogP contribution in [0.5, 0.6) is 0 Å². The van der Waals surface area contributed by atoms with Gasteiger partial charge < -0.3 is 14.4 Å². The second-order valence-corrected chi connectivity index (χ2v) is 20.6. The lowest BCUT2D eigenvalue weighted by Crippen LogP contribution is -2.66. The number of aliphatic carboxylic acids is 1. The maximum Gasteiger partial charge on any atom is 0.306 e. The largest absolute Gasteiger partial charge is 0.481 e. The van der Waals surface area contributed by atoms with Crippen LogP contribution in [0, 0.1) is 17.3 Å². The Hall–Kier alpha value is -3.42. The first-order valence-electron chi connectivity index (χ1n) is 17.6. The average molecular weight is 729 g/mol. The molecule has 4 aromatic carbocycles. The maximum absolute atomic E-state index is 15.0. The summed E-state index contributed by atoms with van der Waals surface area (Å²) in [4.78, 5) is 29.3. The van der Waals surface area contributed by atoms with Gasteiger partial charge in [0, 0.05) is 28.6 Å². The minimum atomic E-state index is -2.80. The van der Waals surface area contributed by atoms with Gasteiger partial charge in [-0.15, -0.1) is 0 Å². The van der Waals surface area contributed by atoms with Crippen molar-refractivity contribution in [3.8, 4) is 0 Å². The molecule has 1 amide bonds. The molecule has 1 aliphatic carbocycles. The topological polar surface area (TPSA) is 66.8 Å². The Morgan fingerprint density at radius 2 is 1.50 bits per heavy atom. The molecular formula is C42H47Cl2NO4Si. The van der Waals surface area contributed by atoms with Gasteiger partial charge in [-0.25, -0.2) is 0 Å². The summed E-state index contributed by atoms with van der Waals surface area (Å²) in [7, 11) is -2.80. The Morgan fingerprint density at radius 3 is 2.02 bits per heavy atom. The highest BCUT2D eigenvalue weighted by Gasteiger charge is 2.62. The van der Waals surface area contributed by atoms with Gasteiger partial charge >= 0.3 is 5.97 Å². The fraction of sp³-hybridized carbons (Fsp3) is 0.381. The summed E-state index contributed by atoms with van der Waals surface area (Å²) in [5.74, 6) is -1.70. The Morgan fingerprint density at radius 1 is 0.900 bits per heavy atom. The van der Waals surface area contributed by atoms with E-state index in [4.69, 9.17) is 27.6 Å². The Bertz CT molecular complexity index is 1770. The van der Waals surface area contributed by atoms with Crippen molar-refractivity contribution in [1.29, 1.82) is 0 Å². The number of carboxylic acids is 1. The van der Waals surface area contributed by atoms with E-state index >= 15 is 4.79 Å². The van der Waals surface area contributed by atoms with E-state index < -0.39 is 25.6 Å².